The van der Waals surface area contributed by atoms with Gasteiger partial charge in [-0.15, -0.1) is 0 Å². The van der Waals surface area contributed by atoms with E-state index in [0.29, 0.717) is 18.4 Å². The molecule has 0 saturated heterocycles. The van der Waals surface area contributed by atoms with Crippen LogP contribution in [0.3, 0.4) is 0 Å². The third-order valence-electron chi connectivity index (χ3n) is 3.45. The lowest BCUT2D eigenvalue weighted by Crippen LogP contribution is -2.16. The van der Waals surface area contributed by atoms with Crippen LogP contribution in [0.1, 0.15) is 44.6 Å². The average Bonchev–Trinajstić information content (AvgIpc) is 2.33. The molecule has 0 unspecified atom stereocenters. The molecule has 0 spiro atoms. The standard InChI is InChI=1S/C14H21Cl2N/c1-3-10(4-2)12(7-8-17)13-9-11(15)5-6-14(13)16/h5-6,9-10,12H,3-4,7-8,17H2,1-2H3/t12-/m1/s1. The minimum Gasteiger partial charge on any atom is -0.330 e. The van der Waals surface area contributed by atoms with Crippen molar-refractivity contribution in [2.24, 2.45) is 11.7 Å². The van der Waals surface area contributed by atoms with E-state index in [4.69, 9.17) is 28.9 Å². The molecule has 0 saturated carbocycles. The predicted octanol–water partition coefficient (Wildman–Crippen LogP) is 4.86. The lowest BCUT2D eigenvalue weighted by atomic mass is 9.80. The van der Waals surface area contributed by atoms with Gasteiger partial charge in [-0.3, -0.25) is 0 Å². The highest BCUT2D eigenvalue weighted by Gasteiger charge is 2.22. The summed E-state index contributed by atoms with van der Waals surface area (Å²) in [5.74, 6) is 1.04. The van der Waals surface area contributed by atoms with E-state index in [1.54, 1.807) is 0 Å². The molecule has 96 valence electrons. The van der Waals surface area contributed by atoms with Crippen molar-refractivity contribution in [3.63, 3.8) is 0 Å². The zero-order valence-corrected chi connectivity index (χ0v) is 12.1. The first-order valence-electron chi connectivity index (χ1n) is 6.29. The maximum atomic E-state index is 6.29. The number of rotatable bonds is 6. The highest BCUT2D eigenvalue weighted by Crippen LogP contribution is 2.37. The molecule has 0 aliphatic heterocycles. The van der Waals surface area contributed by atoms with Crippen LogP contribution in [0.5, 0.6) is 0 Å². The smallest absolute Gasteiger partial charge is 0.0441 e. The van der Waals surface area contributed by atoms with E-state index in [1.165, 1.54) is 0 Å². The van der Waals surface area contributed by atoms with Crippen molar-refractivity contribution in [2.45, 2.75) is 39.0 Å². The van der Waals surface area contributed by atoms with Crippen molar-refractivity contribution >= 4 is 23.2 Å². The Balaban J connectivity index is 3.07. The molecule has 2 N–H and O–H groups in total. The second-order valence-electron chi connectivity index (χ2n) is 4.43. The van der Waals surface area contributed by atoms with E-state index >= 15 is 0 Å². The molecule has 0 aromatic heterocycles. The first-order chi connectivity index (χ1) is 8.13. The van der Waals surface area contributed by atoms with Gasteiger partial charge in [0, 0.05) is 10.0 Å². The Hall–Kier alpha value is -0.240. The van der Waals surface area contributed by atoms with E-state index in [2.05, 4.69) is 13.8 Å². The predicted molar refractivity (Wildman–Crippen MR) is 76.9 cm³/mol. The molecule has 17 heavy (non-hydrogen) atoms. The summed E-state index contributed by atoms with van der Waals surface area (Å²) in [5, 5.41) is 1.55. The highest BCUT2D eigenvalue weighted by molar-refractivity contribution is 6.33. The van der Waals surface area contributed by atoms with Gasteiger partial charge in [0.25, 0.3) is 0 Å². The van der Waals surface area contributed by atoms with Crippen LogP contribution < -0.4 is 5.73 Å². The van der Waals surface area contributed by atoms with Gasteiger partial charge >= 0.3 is 0 Å². The minimum atomic E-state index is 0.418. The van der Waals surface area contributed by atoms with Crippen LogP contribution in [0.2, 0.25) is 10.0 Å². The average molecular weight is 274 g/mol. The summed E-state index contributed by atoms with van der Waals surface area (Å²) in [6.45, 7) is 5.12. The van der Waals surface area contributed by atoms with Gasteiger partial charge in [-0.2, -0.15) is 0 Å². The molecular formula is C14H21Cl2N. The van der Waals surface area contributed by atoms with Gasteiger partial charge in [0.15, 0.2) is 0 Å². The lowest BCUT2D eigenvalue weighted by molar-refractivity contribution is 0.382. The second kappa shape index (κ2) is 7.25. The quantitative estimate of drug-likeness (QED) is 0.787. The Morgan fingerprint density at radius 1 is 1.18 bits per heavy atom. The van der Waals surface area contributed by atoms with Crippen molar-refractivity contribution < 1.29 is 0 Å². The molecule has 0 bridgehead atoms. The SMILES string of the molecule is CCC(CC)[C@@H](CCN)c1cc(Cl)ccc1Cl. The summed E-state index contributed by atoms with van der Waals surface area (Å²) in [4.78, 5) is 0. The summed E-state index contributed by atoms with van der Waals surface area (Å²) in [7, 11) is 0. The van der Waals surface area contributed by atoms with Crippen LogP contribution in [0.4, 0.5) is 0 Å². The van der Waals surface area contributed by atoms with Crippen LogP contribution in [0.25, 0.3) is 0 Å². The monoisotopic (exact) mass is 273 g/mol. The normalized spacial score (nSPS) is 13.1. The first kappa shape index (κ1) is 14.8. The summed E-state index contributed by atoms with van der Waals surface area (Å²) in [5.41, 5.74) is 6.88. The Morgan fingerprint density at radius 3 is 2.35 bits per heavy atom. The summed E-state index contributed by atoms with van der Waals surface area (Å²) in [6, 6.07) is 5.70. The van der Waals surface area contributed by atoms with E-state index in [0.717, 1.165) is 34.9 Å². The summed E-state index contributed by atoms with van der Waals surface area (Å²) in [6.07, 6.45) is 3.25. The van der Waals surface area contributed by atoms with Crippen LogP contribution in [0.15, 0.2) is 18.2 Å². The van der Waals surface area contributed by atoms with E-state index in [9.17, 15) is 0 Å². The van der Waals surface area contributed by atoms with Crippen LogP contribution >= 0.6 is 23.2 Å². The van der Waals surface area contributed by atoms with Crippen molar-refractivity contribution in [3.05, 3.63) is 33.8 Å². The van der Waals surface area contributed by atoms with Crippen molar-refractivity contribution in [1.29, 1.82) is 0 Å². The third kappa shape index (κ3) is 3.87. The van der Waals surface area contributed by atoms with Gasteiger partial charge in [-0.25, -0.2) is 0 Å². The number of hydrogen-bond acceptors (Lipinski definition) is 1. The first-order valence-corrected chi connectivity index (χ1v) is 7.04. The topological polar surface area (TPSA) is 26.0 Å². The van der Waals surface area contributed by atoms with Crippen LogP contribution in [-0.4, -0.2) is 6.54 Å². The zero-order valence-electron chi connectivity index (χ0n) is 10.5. The molecule has 1 aromatic carbocycles. The minimum absolute atomic E-state index is 0.418. The fourth-order valence-corrected chi connectivity index (χ4v) is 2.92. The molecule has 0 aliphatic rings. The summed E-state index contributed by atoms with van der Waals surface area (Å²) >= 11 is 12.3. The lowest BCUT2D eigenvalue weighted by Gasteiger charge is -2.26. The molecular weight excluding hydrogens is 253 g/mol. The summed E-state index contributed by atoms with van der Waals surface area (Å²) < 4.78 is 0. The van der Waals surface area contributed by atoms with E-state index in [-0.39, 0.29) is 0 Å². The Morgan fingerprint density at radius 2 is 1.82 bits per heavy atom. The van der Waals surface area contributed by atoms with Crippen molar-refractivity contribution in [2.75, 3.05) is 6.54 Å². The fourth-order valence-electron chi connectivity index (χ4n) is 2.48. The van der Waals surface area contributed by atoms with Gasteiger partial charge in [0.05, 0.1) is 0 Å². The molecule has 0 radical (unpaired) electrons. The van der Waals surface area contributed by atoms with Gasteiger partial charge in [0.1, 0.15) is 0 Å². The molecule has 3 heteroatoms. The number of hydrogen-bond donors (Lipinski definition) is 1. The fraction of sp³-hybridized carbons (Fsp3) is 0.571. The van der Waals surface area contributed by atoms with Crippen molar-refractivity contribution in [3.8, 4) is 0 Å². The van der Waals surface area contributed by atoms with Crippen LogP contribution in [-0.2, 0) is 0 Å². The maximum absolute atomic E-state index is 6.29. The van der Waals surface area contributed by atoms with Crippen molar-refractivity contribution in [1.82, 2.24) is 0 Å². The third-order valence-corrected chi connectivity index (χ3v) is 4.03. The van der Waals surface area contributed by atoms with Crippen LogP contribution in [0, 0.1) is 5.92 Å². The Bertz CT molecular complexity index is 348. The molecule has 0 amide bonds. The molecule has 1 atom stereocenters. The number of halogens is 2. The zero-order chi connectivity index (χ0) is 12.8. The van der Waals surface area contributed by atoms with Gasteiger partial charge in [-0.05, 0) is 48.6 Å². The molecule has 0 aliphatic carbocycles. The number of nitrogens with two attached hydrogens (primary N) is 1. The molecule has 1 aromatic rings. The largest absolute Gasteiger partial charge is 0.330 e. The van der Waals surface area contributed by atoms with Gasteiger partial charge in [0.2, 0.25) is 0 Å². The highest BCUT2D eigenvalue weighted by atomic mass is 35.5. The number of benzene rings is 1. The second-order valence-corrected chi connectivity index (χ2v) is 5.27. The maximum Gasteiger partial charge on any atom is 0.0441 e. The van der Waals surface area contributed by atoms with E-state index < -0.39 is 0 Å². The molecule has 1 nitrogen and oxygen atoms in total. The molecule has 1 rings (SSSR count). The van der Waals surface area contributed by atoms with E-state index in [1.807, 2.05) is 18.2 Å². The Kier molecular flexibility index (Phi) is 6.32. The Labute approximate surface area is 114 Å². The molecule has 0 fully saturated rings. The van der Waals surface area contributed by atoms with Gasteiger partial charge < -0.3 is 5.73 Å². The van der Waals surface area contributed by atoms with Gasteiger partial charge in [-0.1, -0.05) is 49.9 Å². The molecule has 0 heterocycles.